The van der Waals surface area contributed by atoms with Crippen molar-refractivity contribution in [1.29, 1.82) is 0 Å². The largest absolute Gasteiger partial charge is 0.332 e. The van der Waals surface area contributed by atoms with Gasteiger partial charge in [-0.05, 0) is 90.1 Å². The average molecular weight is 515 g/mol. The van der Waals surface area contributed by atoms with Crippen LogP contribution in [0.25, 0.3) is 0 Å². The van der Waals surface area contributed by atoms with E-state index in [9.17, 15) is 0 Å². The highest BCUT2D eigenvalue weighted by atomic mass is 28.3. The van der Waals surface area contributed by atoms with Gasteiger partial charge in [-0.2, -0.15) is 0 Å². The Morgan fingerprint density at radius 2 is 0.833 bits per heavy atom. The number of hydrogen-bond donors (Lipinski definition) is 2. The number of fused-ring (bicyclic) bond motifs is 2. The molecule has 4 heteroatoms. The maximum absolute atomic E-state index is 3.99. The standard InChI is InChI=1S/C32H46N2Si2/c1-31(2,3)33-35(7,8)29-21-23(25-15-11-13-17-27(25)29)19-20-24-22-30(28-18-14-12-16-26(24)28)36(9,10)34-32(4,5)6/h11-18,21-22,33-34H,19-20H2,1-10H3. The van der Waals surface area contributed by atoms with Gasteiger partial charge in [0.25, 0.3) is 0 Å². The van der Waals surface area contributed by atoms with Crippen molar-refractivity contribution in [2.24, 2.45) is 0 Å². The normalized spacial score (nSPS) is 24.4. The molecule has 4 aliphatic rings. The zero-order valence-corrected chi connectivity index (χ0v) is 26.2. The fourth-order valence-electron chi connectivity index (χ4n) is 6.38. The molecule has 4 aliphatic carbocycles. The predicted molar refractivity (Wildman–Crippen MR) is 161 cm³/mol. The van der Waals surface area contributed by atoms with E-state index in [1.807, 2.05) is 0 Å². The fourth-order valence-corrected chi connectivity index (χ4v) is 13.3. The molecule has 0 bridgehead atoms. The highest BCUT2D eigenvalue weighted by Gasteiger charge is 2.53. The number of nitrogens with one attached hydrogen (secondary N) is 2. The minimum absolute atomic E-state index is 0.108. The molecule has 0 aromatic rings. The smallest absolute Gasteiger partial charge is 0.127 e. The highest BCUT2D eigenvalue weighted by Crippen LogP contribution is 2.58. The second-order valence-corrected chi connectivity index (χ2v) is 21.8. The Bertz CT molecular complexity index is 824. The van der Waals surface area contributed by atoms with Crippen LogP contribution in [0.1, 0.15) is 54.4 Å². The Morgan fingerprint density at radius 1 is 0.528 bits per heavy atom. The van der Waals surface area contributed by atoms with Gasteiger partial charge in [0, 0.05) is 34.7 Å². The lowest BCUT2D eigenvalue weighted by Gasteiger charge is -2.39. The van der Waals surface area contributed by atoms with Crippen molar-refractivity contribution in [3.05, 3.63) is 108 Å². The average Bonchev–Trinajstić information content (AvgIpc) is 3.28. The van der Waals surface area contributed by atoms with Gasteiger partial charge >= 0.3 is 0 Å². The predicted octanol–water partition coefficient (Wildman–Crippen LogP) is 7.32. The van der Waals surface area contributed by atoms with Crippen LogP contribution in [-0.4, -0.2) is 27.5 Å². The summed E-state index contributed by atoms with van der Waals surface area (Å²) in [6.07, 6.45) is 25.3. The lowest BCUT2D eigenvalue weighted by Crippen LogP contribution is -2.58. The van der Waals surface area contributed by atoms with E-state index in [4.69, 9.17) is 0 Å². The Kier molecular flexibility index (Phi) is 7.97. The molecule has 0 unspecified atom stereocenters. The number of rotatable bonds is 7. The third-order valence-corrected chi connectivity index (χ3v) is 13.4. The summed E-state index contributed by atoms with van der Waals surface area (Å²) in [5, 5.41) is 0. The first-order chi connectivity index (χ1) is 16.6. The molecule has 0 saturated heterocycles. The van der Waals surface area contributed by atoms with Gasteiger partial charge < -0.3 is 9.96 Å². The third-order valence-electron chi connectivity index (χ3n) is 7.15. The summed E-state index contributed by atoms with van der Waals surface area (Å²) in [5.74, 6) is 8.74. The molecule has 2 fully saturated rings. The van der Waals surface area contributed by atoms with Crippen molar-refractivity contribution in [2.45, 2.75) is 91.6 Å². The van der Waals surface area contributed by atoms with E-state index in [1.54, 1.807) is 11.1 Å². The molecule has 0 spiro atoms. The van der Waals surface area contributed by atoms with Crippen LogP contribution < -0.4 is 9.96 Å². The lowest BCUT2D eigenvalue weighted by atomic mass is 9.79. The molecule has 0 aliphatic heterocycles. The van der Waals surface area contributed by atoms with Crippen molar-refractivity contribution in [3.63, 3.8) is 0 Å². The number of allylic oxidation sites excluding steroid dienone is 8. The summed E-state index contributed by atoms with van der Waals surface area (Å²) in [5.41, 5.74) is 3.30. The SMILES string of the molecule is CC(C)(C)N[Si](C)(C)[C]1[CH][C](CC[C]2[CH][C]([Si](C)(C)NC(C)(C)C)[C]3C=CC=C[C]23)[C]2C=CC=C[C]21. The quantitative estimate of drug-likeness (QED) is 0.348. The van der Waals surface area contributed by atoms with Crippen molar-refractivity contribution in [3.8, 4) is 0 Å². The van der Waals surface area contributed by atoms with Crippen LogP contribution in [0.15, 0.2) is 48.6 Å². The van der Waals surface area contributed by atoms with E-state index in [2.05, 4.69) is 139 Å². The van der Waals surface area contributed by atoms with Crippen LogP contribution in [0.4, 0.5) is 0 Å². The first-order valence-electron chi connectivity index (χ1n) is 13.5. The molecule has 0 atom stereocenters. The Labute approximate surface area is 225 Å². The summed E-state index contributed by atoms with van der Waals surface area (Å²) < 4.78 is 0. The van der Waals surface area contributed by atoms with Crippen LogP contribution >= 0.6 is 0 Å². The summed E-state index contributed by atoms with van der Waals surface area (Å²) in [6.45, 7) is 23.5. The zero-order chi connectivity index (χ0) is 26.5. The maximum atomic E-state index is 3.99. The van der Waals surface area contributed by atoms with E-state index >= 15 is 0 Å². The fraction of sp³-hybridized carbons (Fsp3) is 0.438. The molecular formula is C32H46N2Si2. The van der Waals surface area contributed by atoms with E-state index in [0.717, 1.165) is 12.8 Å². The molecule has 2 saturated carbocycles. The molecule has 2 nitrogen and oxygen atoms in total. The van der Waals surface area contributed by atoms with Crippen molar-refractivity contribution >= 4 is 16.5 Å². The summed E-state index contributed by atoms with van der Waals surface area (Å²) in [4.78, 5) is 7.98. The Hall–Kier alpha value is -0.686. The van der Waals surface area contributed by atoms with Crippen LogP contribution in [0.5, 0.6) is 0 Å². The highest BCUT2D eigenvalue weighted by molar-refractivity contribution is 6.82. The van der Waals surface area contributed by atoms with E-state index in [0.29, 0.717) is 0 Å². The molecule has 0 amide bonds. The topological polar surface area (TPSA) is 24.1 Å². The van der Waals surface area contributed by atoms with Gasteiger partial charge in [-0.15, -0.1) is 0 Å². The molecule has 0 heterocycles. The third kappa shape index (κ3) is 6.30. The minimum Gasteiger partial charge on any atom is -0.332 e. The van der Waals surface area contributed by atoms with Gasteiger partial charge in [-0.25, -0.2) is 0 Å². The molecule has 192 valence electrons. The molecule has 4 rings (SSSR count). The van der Waals surface area contributed by atoms with Crippen LogP contribution in [0.2, 0.25) is 26.2 Å². The molecule has 10 radical (unpaired) electrons. The maximum Gasteiger partial charge on any atom is 0.127 e. The molecule has 2 N–H and O–H groups in total. The Morgan fingerprint density at radius 3 is 1.14 bits per heavy atom. The van der Waals surface area contributed by atoms with Crippen LogP contribution in [0, 0.1) is 59.4 Å². The van der Waals surface area contributed by atoms with Crippen LogP contribution in [0.3, 0.4) is 0 Å². The van der Waals surface area contributed by atoms with Crippen LogP contribution in [-0.2, 0) is 0 Å². The molecule has 0 aromatic heterocycles. The summed E-state index contributed by atoms with van der Waals surface area (Å²) in [7, 11) is -3.61. The van der Waals surface area contributed by atoms with E-state index < -0.39 is 16.5 Å². The summed E-state index contributed by atoms with van der Waals surface area (Å²) >= 11 is 0. The van der Waals surface area contributed by atoms with Gasteiger partial charge in [0.15, 0.2) is 0 Å². The van der Waals surface area contributed by atoms with Gasteiger partial charge in [0.05, 0.1) is 0 Å². The summed E-state index contributed by atoms with van der Waals surface area (Å²) in [6, 6.07) is 0. The second-order valence-electron chi connectivity index (χ2n) is 13.8. The first kappa shape index (κ1) is 28.3. The first-order valence-corrected chi connectivity index (χ1v) is 19.5. The van der Waals surface area contributed by atoms with Crippen molar-refractivity contribution in [1.82, 2.24) is 9.96 Å². The van der Waals surface area contributed by atoms with E-state index in [-0.39, 0.29) is 11.1 Å². The second kappa shape index (κ2) is 10.1. The van der Waals surface area contributed by atoms with E-state index in [1.165, 1.54) is 35.5 Å². The number of hydrogen-bond acceptors (Lipinski definition) is 2. The zero-order valence-electron chi connectivity index (χ0n) is 24.2. The van der Waals surface area contributed by atoms with Gasteiger partial charge in [-0.3, -0.25) is 0 Å². The molecular weight excluding hydrogens is 469 g/mol. The van der Waals surface area contributed by atoms with Gasteiger partial charge in [0.2, 0.25) is 0 Å². The molecule has 0 aromatic carbocycles. The molecule has 36 heavy (non-hydrogen) atoms. The van der Waals surface area contributed by atoms with Gasteiger partial charge in [-0.1, -0.05) is 74.8 Å². The van der Waals surface area contributed by atoms with Crippen molar-refractivity contribution in [2.75, 3.05) is 0 Å². The minimum atomic E-state index is -1.81. The van der Waals surface area contributed by atoms with Gasteiger partial charge in [0.1, 0.15) is 16.5 Å². The Balaban J connectivity index is 1.47. The van der Waals surface area contributed by atoms with Crippen molar-refractivity contribution < 1.29 is 0 Å². The lowest BCUT2D eigenvalue weighted by molar-refractivity contribution is 0.511. The monoisotopic (exact) mass is 514 g/mol.